The molecular formula is C27H24O4. The number of carbonyl (C=O) groups is 2. The Bertz CT molecular complexity index is 1180. The molecule has 0 aromatic heterocycles. The summed E-state index contributed by atoms with van der Waals surface area (Å²) in [6, 6.07) is 19.8. The van der Waals surface area contributed by atoms with E-state index in [2.05, 4.69) is 43.5 Å². The van der Waals surface area contributed by atoms with Crippen molar-refractivity contribution in [1.29, 1.82) is 0 Å². The molecule has 0 radical (unpaired) electrons. The van der Waals surface area contributed by atoms with Crippen LogP contribution in [-0.2, 0) is 14.3 Å². The SMILES string of the molecule is C=C(C)C(=O)OC/C=C/c1ccc2cc(-c3ccc(OC(=O)C(=C)C)cc3)ccc2c1. The van der Waals surface area contributed by atoms with Gasteiger partial charge in [0.15, 0.2) is 0 Å². The maximum atomic E-state index is 11.6. The Balaban J connectivity index is 1.71. The van der Waals surface area contributed by atoms with Crippen LogP contribution >= 0.6 is 0 Å². The van der Waals surface area contributed by atoms with E-state index in [0.29, 0.717) is 16.9 Å². The zero-order valence-corrected chi connectivity index (χ0v) is 17.7. The molecule has 3 aromatic rings. The number of ether oxygens (including phenoxy) is 2. The van der Waals surface area contributed by atoms with E-state index >= 15 is 0 Å². The van der Waals surface area contributed by atoms with E-state index in [1.54, 1.807) is 32.1 Å². The molecule has 0 spiro atoms. The lowest BCUT2D eigenvalue weighted by atomic mass is 10.00. The molecule has 0 unspecified atom stereocenters. The van der Waals surface area contributed by atoms with Crippen LogP contribution in [0, 0.1) is 0 Å². The molecule has 4 heteroatoms. The van der Waals surface area contributed by atoms with Crippen molar-refractivity contribution in [3.63, 3.8) is 0 Å². The molecule has 3 rings (SSSR count). The number of fused-ring (bicyclic) bond motifs is 1. The third kappa shape index (κ3) is 5.80. The van der Waals surface area contributed by atoms with Gasteiger partial charge in [-0.25, -0.2) is 9.59 Å². The summed E-state index contributed by atoms with van der Waals surface area (Å²) in [6.07, 6.45) is 3.72. The Kier molecular flexibility index (Phi) is 6.83. The molecule has 0 aliphatic carbocycles. The number of hydrogen-bond acceptors (Lipinski definition) is 4. The van der Waals surface area contributed by atoms with Crippen molar-refractivity contribution < 1.29 is 19.1 Å². The molecule has 31 heavy (non-hydrogen) atoms. The van der Waals surface area contributed by atoms with E-state index in [1.165, 1.54) is 0 Å². The first-order chi connectivity index (χ1) is 14.8. The highest BCUT2D eigenvalue weighted by molar-refractivity contribution is 5.90. The second-order valence-electron chi connectivity index (χ2n) is 7.30. The van der Waals surface area contributed by atoms with Gasteiger partial charge in [0.25, 0.3) is 0 Å². The summed E-state index contributed by atoms with van der Waals surface area (Å²) < 4.78 is 10.3. The lowest BCUT2D eigenvalue weighted by Gasteiger charge is -2.07. The minimum atomic E-state index is -0.433. The van der Waals surface area contributed by atoms with Crippen LogP contribution in [0.5, 0.6) is 5.75 Å². The topological polar surface area (TPSA) is 52.6 Å². The van der Waals surface area contributed by atoms with Gasteiger partial charge in [-0.3, -0.25) is 0 Å². The van der Waals surface area contributed by atoms with Gasteiger partial charge in [-0.15, -0.1) is 0 Å². The van der Waals surface area contributed by atoms with Gasteiger partial charge >= 0.3 is 11.9 Å². The van der Waals surface area contributed by atoms with Crippen molar-refractivity contribution in [2.24, 2.45) is 0 Å². The van der Waals surface area contributed by atoms with E-state index in [9.17, 15) is 9.59 Å². The summed E-state index contributed by atoms with van der Waals surface area (Å²) in [5.41, 5.74) is 3.87. The standard InChI is InChI=1S/C27H24O4/c1-18(2)26(28)30-15-5-6-20-7-8-24-17-23(10-9-22(24)16-20)21-11-13-25(14-12-21)31-27(29)19(3)4/h5-14,16-17H,1,3,15H2,2,4H3/b6-5+. The van der Waals surface area contributed by atoms with Crippen LogP contribution in [0.3, 0.4) is 0 Å². The molecule has 0 fully saturated rings. The van der Waals surface area contributed by atoms with Gasteiger partial charge < -0.3 is 9.47 Å². The van der Waals surface area contributed by atoms with Crippen LogP contribution in [0.1, 0.15) is 19.4 Å². The van der Waals surface area contributed by atoms with Gasteiger partial charge in [-0.2, -0.15) is 0 Å². The molecule has 0 amide bonds. The summed E-state index contributed by atoms with van der Waals surface area (Å²) in [5, 5.41) is 2.22. The van der Waals surface area contributed by atoms with Gasteiger partial charge in [0.2, 0.25) is 0 Å². The van der Waals surface area contributed by atoms with Gasteiger partial charge in [-0.1, -0.05) is 55.6 Å². The highest BCUT2D eigenvalue weighted by Crippen LogP contribution is 2.27. The van der Waals surface area contributed by atoms with Gasteiger partial charge in [0.1, 0.15) is 12.4 Å². The van der Waals surface area contributed by atoms with Gasteiger partial charge in [-0.05, 0) is 71.7 Å². The summed E-state index contributed by atoms with van der Waals surface area (Å²) in [4.78, 5) is 23.0. The van der Waals surface area contributed by atoms with Gasteiger partial charge in [0, 0.05) is 11.1 Å². The monoisotopic (exact) mass is 412 g/mol. The fraction of sp³-hybridized carbons (Fsp3) is 0.111. The summed E-state index contributed by atoms with van der Waals surface area (Å²) >= 11 is 0. The predicted octanol–water partition coefficient (Wildman–Crippen LogP) is 6.12. The smallest absolute Gasteiger partial charge is 0.338 e. The maximum Gasteiger partial charge on any atom is 0.338 e. The maximum absolute atomic E-state index is 11.6. The van der Waals surface area contributed by atoms with Crippen LogP contribution in [0.25, 0.3) is 28.0 Å². The lowest BCUT2D eigenvalue weighted by molar-refractivity contribution is -0.137. The van der Waals surface area contributed by atoms with Crippen molar-refractivity contribution >= 4 is 28.8 Å². The molecule has 0 aliphatic rings. The van der Waals surface area contributed by atoms with Crippen molar-refractivity contribution in [2.75, 3.05) is 6.61 Å². The zero-order valence-electron chi connectivity index (χ0n) is 17.7. The first-order valence-electron chi connectivity index (χ1n) is 9.84. The van der Waals surface area contributed by atoms with Crippen LogP contribution < -0.4 is 4.74 Å². The van der Waals surface area contributed by atoms with Crippen molar-refractivity contribution in [3.05, 3.63) is 96.6 Å². The highest BCUT2D eigenvalue weighted by atomic mass is 16.5. The van der Waals surface area contributed by atoms with E-state index in [-0.39, 0.29) is 6.61 Å². The Morgan fingerprint density at radius 1 is 0.806 bits per heavy atom. The minimum absolute atomic E-state index is 0.209. The van der Waals surface area contributed by atoms with Crippen molar-refractivity contribution in [1.82, 2.24) is 0 Å². The quantitative estimate of drug-likeness (QED) is 0.266. The van der Waals surface area contributed by atoms with E-state index in [4.69, 9.17) is 9.47 Å². The number of esters is 2. The number of benzene rings is 3. The minimum Gasteiger partial charge on any atom is -0.458 e. The van der Waals surface area contributed by atoms with E-state index in [0.717, 1.165) is 27.5 Å². The fourth-order valence-corrected chi connectivity index (χ4v) is 2.89. The lowest BCUT2D eigenvalue weighted by Crippen LogP contribution is -2.07. The third-order valence-corrected chi connectivity index (χ3v) is 4.58. The molecule has 0 saturated carbocycles. The molecule has 0 atom stereocenters. The van der Waals surface area contributed by atoms with E-state index < -0.39 is 11.9 Å². The summed E-state index contributed by atoms with van der Waals surface area (Å²) in [7, 11) is 0. The summed E-state index contributed by atoms with van der Waals surface area (Å²) in [5.74, 6) is -0.335. The van der Waals surface area contributed by atoms with Gasteiger partial charge in [0.05, 0.1) is 0 Å². The average molecular weight is 412 g/mol. The fourth-order valence-electron chi connectivity index (χ4n) is 2.89. The first kappa shape index (κ1) is 21.8. The number of carbonyl (C=O) groups excluding carboxylic acids is 2. The average Bonchev–Trinajstić information content (AvgIpc) is 2.76. The summed E-state index contributed by atoms with van der Waals surface area (Å²) in [6.45, 7) is 10.6. The van der Waals surface area contributed by atoms with E-state index in [1.807, 2.05) is 24.3 Å². The Morgan fingerprint density at radius 3 is 2.10 bits per heavy atom. The molecule has 0 saturated heterocycles. The normalized spacial score (nSPS) is 10.8. The Morgan fingerprint density at radius 2 is 1.42 bits per heavy atom. The number of rotatable bonds is 7. The Labute approximate surface area is 182 Å². The van der Waals surface area contributed by atoms with Crippen LogP contribution in [0.4, 0.5) is 0 Å². The van der Waals surface area contributed by atoms with Crippen LogP contribution in [0.15, 0.2) is 91.0 Å². The van der Waals surface area contributed by atoms with Crippen LogP contribution in [-0.4, -0.2) is 18.5 Å². The molecule has 0 aliphatic heterocycles. The molecule has 0 bridgehead atoms. The zero-order chi connectivity index (χ0) is 22.4. The molecule has 156 valence electrons. The Hall–Kier alpha value is -3.92. The second-order valence-corrected chi connectivity index (χ2v) is 7.30. The van der Waals surface area contributed by atoms with Crippen molar-refractivity contribution in [2.45, 2.75) is 13.8 Å². The predicted molar refractivity (Wildman–Crippen MR) is 125 cm³/mol. The second kappa shape index (κ2) is 9.72. The van der Waals surface area contributed by atoms with Crippen molar-refractivity contribution in [3.8, 4) is 16.9 Å². The first-order valence-corrected chi connectivity index (χ1v) is 9.84. The molecule has 4 nitrogen and oxygen atoms in total. The molecule has 3 aromatic carbocycles. The van der Waals surface area contributed by atoms with Crippen LogP contribution in [0.2, 0.25) is 0 Å². The largest absolute Gasteiger partial charge is 0.458 e. The third-order valence-electron chi connectivity index (χ3n) is 4.58. The number of hydrogen-bond donors (Lipinski definition) is 0. The molecular weight excluding hydrogens is 388 g/mol. The molecule has 0 heterocycles. The molecule has 0 N–H and O–H groups in total. The highest BCUT2D eigenvalue weighted by Gasteiger charge is 2.06.